The van der Waals surface area contributed by atoms with Gasteiger partial charge in [-0.1, -0.05) is 12.1 Å². The molecule has 0 N–H and O–H groups in total. The van der Waals surface area contributed by atoms with Crippen LogP contribution in [0.2, 0.25) is 0 Å². The number of para-hydroxylation sites is 1. The quantitative estimate of drug-likeness (QED) is 0.428. The molecule has 0 fully saturated rings. The van der Waals surface area contributed by atoms with E-state index in [4.69, 9.17) is 14.2 Å². The molecule has 0 unspecified atom stereocenters. The number of nitro benzene ring substituents is 1. The van der Waals surface area contributed by atoms with Gasteiger partial charge in [0, 0.05) is 13.1 Å². The Morgan fingerprint density at radius 1 is 1.17 bits per heavy atom. The van der Waals surface area contributed by atoms with Gasteiger partial charge in [-0.15, -0.1) is 11.3 Å². The summed E-state index contributed by atoms with van der Waals surface area (Å²) in [6, 6.07) is 8.93. The van der Waals surface area contributed by atoms with Crippen LogP contribution < -0.4 is 14.2 Å². The molecule has 9 nitrogen and oxygen atoms in total. The summed E-state index contributed by atoms with van der Waals surface area (Å²) in [5.74, 6) is -0.525. The summed E-state index contributed by atoms with van der Waals surface area (Å²) >= 11 is 1.46. The predicted octanol–water partition coefficient (Wildman–Crippen LogP) is 3.50. The Kier molecular flexibility index (Phi) is 5.83. The molecule has 0 aliphatic carbocycles. The maximum Gasteiger partial charge on any atom is 0.327 e. The number of amides is 1. The molecule has 10 heteroatoms. The molecule has 0 aliphatic heterocycles. The highest BCUT2D eigenvalue weighted by molar-refractivity contribution is 7.18. The summed E-state index contributed by atoms with van der Waals surface area (Å²) < 4.78 is 16.6. The lowest BCUT2D eigenvalue weighted by Crippen LogP contribution is -2.27. The van der Waals surface area contributed by atoms with Crippen LogP contribution in [0.3, 0.4) is 0 Å². The molecule has 3 rings (SSSR count). The molecule has 1 heterocycles. The molecule has 29 heavy (non-hydrogen) atoms. The summed E-state index contributed by atoms with van der Waals surface area (Å²) in [7, 11) is 5.54. The Labute approximate surface area is 170 Å². The molecular weight excluding hydrogens is 398 g/mol. The molecule has 2 aromatic carbocycles. The van der Waals surface area contributed by atoms with Gasteiger partial charge in [-0.25, -0.2) is 4.98 Å². The lowest BCUT2D eigenvalue weighted by molar-refractivity contribution is -0.386. The number of aromatic nitrogens is 1. The fourth-order valence-corrected chi connectivity index (χ4v) is 3.97. The number of carbonyl (C=O) groups is 1. The Hall–Kier alpha value is -3.40. The van der Waals surface area contributed by atoms with Crippen molar-refractivity contribution in [1.29, 1.82) is 0 Å². The summed E-state index contributed by atoms with van der Waals surface area (Å²) in [6.45, 7) is 0.200. The van der Waals surface area contributed by atoms with Crippen molar-refractivity contribution in [3.8, 4) is 17.2 Å². The summed E-state index contributed by atoms with van der Waals surface area (Å²) in [4.78, 5) is 30.0. The number of carbonyl (C=O) groups excluding carboxylic acids is 1. The smallest absolute Gasteiger partial charge is 0.327 e. The minimum absolute atomic E-state index is 0.0482. The van der Waals surface area contributed by atoms with Gasteiger partial charge in [0.2, 0.25) is 11.5 Å². The first-order chi connectivity index (χ1) is 13.9. The Morgan fingerprint density at radius 3 is 2.45 bits per heavy atom. The second-order valence-corrected chi connectivity index (χ2v) is 7.15. The van der Waals surface area contributed by atoms with Crippen molar-refractivity contribution in [1.82, 2.24) is 9.88 Å². The Balaban J connectivity index is 2.01. The molecular formula is C19H19N3O6S. The van der Waals surface area contributed by atoms with Gasteiger partial charge < -0.3 is 19.1 Å². The van der Waals surface area contributed by atoms with Crippen LogP contribution >= 0.6 is 11.3 Å². The zero-order chi connectivity index (χ0) is 21.1. The van der Waals surface area contributed by atoms with Gasteiger partial charge in [0.1, 0.15) is 10.6 Å². The van der Waals surface area contributed by atoms with E-state index in [1.807, 2.05) is 24.3 Å². The number of methoxy groups -OCH3 is 3. The minimum Gasteiger partial charge on any atom is -0.493 e. The van der Waals surface area contributed by atoms with E-state index in [9.17, 15) is 14.9 Å². The van der Waals surface area contributed by atoms with Crippen LogP contribution in [-0.2, 0) is 6.54 Å². The molecule has 0 radical (unpaired) electrons. The van der Waals surface area contributed by atoms with Crippen molar-refractivity contribution >= 4 is 33.1 Å². The largest absolute Gasteiger partial charge is 0.493 e. The predicted molar refractivity (Wildman–Crippen MR) is 108 cm³/mol. The summed E-state index contributed by atoms with van der Waals surface area (Å²) in [5, 5.41) is 12.4. The maximum atomic E-state index is 13.1. The number of benzene rings is 2. The topological polar surface area (TPSA) is 104 Å². The van der Waals surface area contributed by atoms with Gasteiger partial charge in [0.05, 0.1) is 43.0 Å². The Morgan fingerprint density at radius 2 is 1.86 bits per heavy atom. The molecule has 3 aromatic rings. The van der Waals surface area contributed by atoms with Crippen LogP contribution in [0.5, 0.6) is 17.2 Å². The van der Waals surface area contributed by atoms with Gasteiger partial charge in [-0.2, -0.15) is 0 Å². The van der Waals surface area contributed by atoms with E-state index in [0.717, 1.165) is 15.2 Å². The SMILES string of the molecule is COc1cc(C(=O)N(C)Cc2nc3ccccc3s2)c([N+](=O)[O-])c(OC)c1OC. The van der Waals surface area contributed by atoms with E-state index >= 15 is 0 Å². The molecule has 1 amide bonds. The van der Waals surface area contributed by atoms with E-state index in [1.54, 1.807) is 7.05 Å². The van der Waals surface area contributed by atoms with Crippen molar-refractivity contribution in [2.75, 3.05) is 28.4 Å². The van der Waals surface area contributed by atoms with E-state index < -0.39 is 16.5 Å². The number of hydrogen-bond donors (Lipinski definition) is 0. The van der Waals surface area contributed by atoms with Crippen molar-refractivity contribution < 1.29 is 23.9 Å². The summed E-state index contributed by atoms with van der Waals surface area (Å²) in [5.41, 5.74) is 0.200. The van der Waals surface area contributed by atoms with Crippen molar-refractivity contribution in [3.63, 3.8) is 0 Å². The number of rotatable bonds is 7. The van der Waals surface area contributed by atoms with Gasteiger partial charge in [0.25, 0.3) is 5.91 Å². The zero-order valence-corrected chi connectivity index (χ0v) is 17.1. The minimum atomic E-state index is -0.667. The van der Waals surface area contributed by atoms with Gasteiger partial charge in [0.15, 0.2) is 5.75 Å². The van der Waals surface area contributed by atoms with Crippen LogP contribution in [0.25, 0.3) is 10.2 Å². The molecule has 0 saturated carbocycles. The maximum absolute atomic E-state index is 13.1. The van der Waals surface area contributed by atoms with Gasteiger partial charge >= 0.3 is 5.69 Å². The standard InChI is InChI=1S/C19H19N3O6S/c1-21(10-15-20-12-7-5-6-8-14(12)29-15)19(23)11-9-13(26-2)17(27-3)18(28-4)16(11)22(24)25/h5-9H,10H2,1-4H3. The first-order valence-corrected chi connectivity index (χ1v) is 9.30. The second kappa shape index (κ2) is 8.31. The Bertz CT molecular complexity index is 1050. The number of nitrogens with zero attached hydrogens (tertiary/aromatic N) is 3. The molecule has 0 bridgehead atoms. The average molecular weight is 417 g/mol. The van der Waals surface area contributed by atoms with Crippen LogP contribution in [0, 0.1) is 10.1 Å². The first-order valence-electron chi connectivity index (χ1n) is 8.48. The zero-order valence-electron chi connectivity index (χ0n) is 16.3. The van der Waals surface area contributed by atoms with Crippen molar-refractivity contribution in [2.45, 2.75) is 6.54 Å². The third-order valence-corrected chi connectivity index (χ3v) is 5.30. The summed E-state index contributed by atoms with van der Waals surface area (Å²) in [6.07, 6.45) is 0. The highest BCUT2D eigenvalue weighted by Crippen LogP contribution is 2.46. The molecule has 152 valence electrons. The van der Waals surface area contributed by atoms with E-state index in [1.165, 1.54) is 43.6 Å². The molecule has 0 atom stereocenters. The fraction of sp³-hybridized carbons (Fsp3) is 0.263. The van der Waals surface area contributed by atoms with Crippen molar-refractivity contribution in [3.05, 3.63) is 51.0 Å². The first kappa shape index (κ1) is 20.3. The molecule has 0 spiro atoms. The number of ether oxygens (including phenoxy) is 3. The number of thiazole rings is 1. The molecule has 0 saturated heterocycles. The number of nitro groups is 1. The lowest BCUT2D eigenvalue weighted by Gasteiger charge is -2.18. The normalized spacial score (nSPS) is 10.6. The highest BCUT2D eigenvalue weighted by atomic mass is 32.1. The van der Waals surface area contributed by atoms with Gasteiger partial charge in [-0.05, 0) is 12.1 Å². The lowest BCUT2D eigenvalue weighted by atomic mass is 10.1. The van der Waals surface area contributed by atoms with E-state index in [0.29, 0.717) is 0 Å². The third kappa shape index (κ3) is 3.79. The van der Waals surface area contributed by atoms with E-state index in [2.05, 4.69) is 4.98 Å². The third-order valence-electron chi connectivity index (χ3n) is 4.27. The van der Waals surface area contributed by atoms with Crippen LogP contribution in [0.4, 0.5) is 5.69 Å². The molecule has 1 aromatic heterocycles. The fourth-order valence-electron chi connectivity index (χ4n) is 2.95. The molecule has 0 aliphatic rings. The van der Waals surface area contributed by atoms with Crippen molar-refractivity contribution in [2.24, 2.45) is 0 Å². The van der Waals surface area contributed by atoms with Gasteiger partial charge in [-0.3, -0.25) is 14.9 Å². The van der Waals surface area contributed by atoms with Crippen LogP contribution in [0.1, 0.15) is 15.4 Å². The average Bonchev–Trinajstić information content (AvgIpc) is 3.13. The van der Waals surface area contributed by atoms with Crippen LogP contribution in [-0.4, -0.2) is 49.1 Å². The monoisotopic (exact) mass is 417 g/mol. The number of hydrogen-bond acceptors (Lipinski definition) is 8. The van der Waals surface area contributed by atoms with Crippen LogP contribution in [0.15, 0.2) is 30.3 Å². The second-order valence-electron chi connectivity index (χ2n) is 6.04. The van der Waals surface area contributed by atoms with E-state index in [-0.39, 0.29) is 29.4 Å². The number of fused-ring (bicyclic) bond motifs is 1. The highest BCUT2D eigenvalue weighted by Gasteiger charge is 2.33.